The molecule has 40 heavy (non-hydrogen) atoms. The molecule has 0 saturated heterocycles. The summed E-state index contributed by atoms with van der Waals surface area (Å²) >= 11 is 7.87. The highest BCUT2D eigenvalue weighted by Crippen LogP contribution is 2.38. The highest BCUT2D eigenvalue weighted by atomic mass is 35.5. The monoisotopic (exact) mass is 573 g/mol. The fraction of sp³-hybridized carbons (Fsp3) is 0.258. The van der Waals surface area contributed by atoms with E-state index in [9.17, 15) is 4.79 Å². The van der Waals surface area contributed by atoms with Gasteiger partial charge in [-0.3, -0.25) is 4.79 Å². The van der Waals surface area contributed by atoms with Gasteiger partial charge in [-0.1, -0.05) is 85.2 Å². The minimum absolute atomic E-state index is 0.195. The maximum atomic E-state index is 13.8. The van der Waals surface area contributed by atoms with Crippen molar-refractivity contribution in [1.82, 2.24) is 14.8 Å². The third kappa shape index (κ3) is 6.18. The molecule has 1 amide bonds. The molecule has 3 aromatic carbocycles. The topological polar surface area (TPSA) is 81.1 Å². The number of allylic oxidation sites excluding steroid dienone is 1. The molecule has 9 heteroatoms. The maximum absolute atomic E-state index is 13.8. The SMILES string of the molecule is CCCCOc1ccc(C2C(C(=O)Nc3ccccc3C)=C(C)Nc3nc(SCc4ccccc4Cl)nn32)cc1. The molecule has 1 aliphatic rings. The molecule has 1 unspecified atom stereocenters. The van der Waals surface area contributed by atoms with Crippen molar-refractivity contribution in [3.63, 3.8) is 0 Å². The number of carbonyl (C=O) groups is 1. The number of fused-ring (bicyclic) bond motifs is 1. The highest BCUT2D eigenvalue weighted by molar-refractivity contribution is 7.98. The number of ether oxygens (including phenoxy) is 1. The van der Waals surface area contributed by atoms with Gasteiger partial charge >= 0.3 is 0 Å². The molecule has 1 atom stereocenters. The van der Waals surface area contributed by atoms with Gasteiger partial charge in [0, 0.05) is 22.2 Å². The molecule has 0 bridgehead atoms. The number of hydrogen-bond donors (Lipinski definition) is 2. The Morgan fingerprint density at radius 3 is 2.58 bits per heavy atom. The Bertz CT molecular complexity index is 1530. The maximum Gasteiger partial charge on any atom is 0.255 e. The van der Waals surface area contributed by atoms with Crippen LogP contribution in [-0.2, 0) is 10.5 Å². The summed E-state index contributed by atoms with van der Waals surface area (Å²) in [5.74, 6) is 1.82. The molecule has 1 aliphatic heterocycles. The van der Waals surface area contributed by atoms with Gasteiger partial charge in [0.25, 0.3) is 5.91 Å². The Labute approximate surface area is 244 Å². The summed E-state index contributed by atoms with van der Waals surface area (Å²) in [6.07, 6.45) is 2.07. The van der Waals surface area contributed by atoms with Crippen LogP contribution >= 0.6 is 23.4 Å². The fourth-order valence-corrected chi connectivity index (χ4v) is 5.65. The standard InChI is InChI=1S/C31H32ClN5O2S/c1-4-5-18-39-24-16-14-22(15-17-24)28-27(29(38)34-26-13-9-6-10-20(26)2)21(3)33-30-35-31(36-37(28)30)40-19-23-11-7-8-12-25(23)32/h6-17,28H,4-5,18-19H2,1-3H3,(H,34,38)(H,33,35,36). The van der Waals surface area contributed by atoms with Crippen molar-refractivity contribution in [2.75, 3.05) is 17.2 Å². The van der Waals surface area contributed by atoms with Crippen molar-refractivity contribution in [2.24, 2.45) is 0 Å². The second kappa shape index (κ2) is 12.6. The number of para-hydroxylation sites is 1. The fourth-order valence-electron chi connectivity index (χ4n) is 4.54. The lowest BCUT2D eigenvalue weighted by Crippen LogP contribution is -2.31. The van der Waals surface area contributed by atoms with Crippen LogP contribution in [-0.4, -0.2) is 27.3 Å². The first-order valence-corrected chi connectivity index (χ1v) is 14.7. The van der Waals surface area contributed by atoms with Gasteiger partial charge in [0.2, 0.25) is 11.1 Å². The number of carbonyl (C=O) groups excluding carboxylic acids is 1. The first-order chi connectivity index (χ1) is 19.4. The van der Waals surface area contributed by atoms with Crippen LogP contribution in [0.25, 0.3) is 0 Å². The second-order valence-corrected chi connectivity index (χ2v) is 11.0. The molecule has 7 nitrogen and oxygen atoms in total. The number of amides is 1. The third-order valence-corrected chi connectivity index (χ3v) is 8.00. The second-order valence-electron chi connectivity index (χ2n) is 9.65. The average Bonchev–Trinajstić information content (AvgIpc) is 3.36. The molecule has 5 rings (SSSR count). The molecule has 0 spiro atoms. The van der Waals surface area contributed by atoms with E-state index in [0.717, 1.165) is 46.7 Å². The van der Waals surface area contributed by atoms with Crippen LogP contribution in [0.3, 0.4) is 0 Å². The minimum atomic E-state index is -0.480. The lowest BCUT2D eigenvalue weighted by Gasteiger charge is -2.29. The summed E-state index contributed by atoms with van der Waals surface area (Å²) in [7, 11) is 0. The van der Waals surface area contributed by atoms with Gasteiger partial charge in [-0.25, -0.2) is 4.68 Å². The highest BCUT2D eigenvalue weighted by Gasteiger charge is 2.34. The van der Waals surface area contributed by atoms with E-state index in [0.29, 0.717) is 34.1 Å². The molecular weight excluding hydrogens is 542 g/mol. The molecule has 206 valence electrons. The summed E-state index contributed by atoms with van der Waals surface area (Å²) in [5.41, 5.74) is 4.98. The van der Waals surface area contributed by atoms with Gasteiger partial charge in [0.15, 0.2) is 0 Å². The first kappa shape index (κ1) is 27.8. The van der Waals surface area contributed by atoms with E-state index >= 15 is 0 Å². The first-order valence-electron chi connectivity index (χ1n) is 13.3. The van der Waals surface area contributed by atoms with Crippen LogP contribution in [0.15, 0.2) is 89.2 Å². The number of nitrogens with zero attached hydrogens (tertiary/aromatic N) is 3. The number of unbranched alkanes of at least 4 members (excludes halogenated alkanes) is 1. The van der Waals surface area contributed by atoms with Gasteiger partial charge in [-0.15, -0.1) is 5.10 Å². The number of thioether (sulfide) groups is 1. The average molecular weight is 574 g/mol. The van der Waals surface area contributed by atoms with E-state index in [1.807, 2.05) is 86.6 Å². The zero-order chi connectivity index (χ0) is 28.1. The minimum Gasteiger partial charge on any atom is -0.494 e. The molecule has 0 saturated carbocycles. The molecular formula is C31H32ClN5O2S. The number of hydrogen-bond acceptors (Lipinski definition) is 6. The number of aromatic nitrogens is 3. The van der Waals surface area contributed by atoms with Crippen LogP contribution in [0.2, 0.25) is 5.02 Å². The molecule has 1 aromatic heterocycles. The van der Waals surface area contributed by atoms with Crippen molar-refractivity contribution in [3.05, 3.63) is 106 Å². The predicted molar refractivity (Wildman–Crippen MR) is 162 cm³/mol. The van der Waals surface area contributed by atoms with Crippen LogP contribution in [0.4, 0.5) is 11.6 Å². The van der Waals surface area contributed by atoms with E-state index in [1.54, 1.807) is 4.68 Å². The Balaban J connectivity index is 1.47. The zero-order valence-corrected chi connectivity index (χ0v) is 24.4. The normalized spacial score (nSPS) is 14.4. The van der Waals surface area contributed by atoms with E-state index in [2.05, 4.69) is 17.6 Å². The molecule has 0 radical (unpaired) electrons. The zero-order valence-electron chi connectivity index (χ0n) is 22.8. The van der Waals surface area contributed by atoms with Crippen molar-refractivity contribution in [3.8, 4) is 5.75 Å². The summed E-state index contributed by atoms with van der Waals surface area (Å²) in [4.78, 5) is 18.6. The van der Waals surface area contributed by atoms with Crippen LogP contribution < -0.4 is 15.4 Å². The smallest absolute Gasteiger partial charge is 0.255 e. The quantitative estimate of drug-likeness (QED) is 0.150. The number of rotatable bonds is 10. The molecule has 0 aliphatic carbocycles. The summed E-state index contributed by atoms with van der Waals surface area (Å²) < 4.78 is 7.67. The number of halogens is 1. The lowest BCUT2D eigenvalue weighted by atomic mass is 9.95. The summed E-state index contributed by atoms with van der Waals surface area (Å²) in [5, 5.41) is 12.6. The van der Waals surface area contributed by atoms with Crippen LogP contribution in [0, 0.1) is 6.92 Å². The molecule has 2 N–H and O–H groups in total. The summed E-state index contributed by atoms with van der Waals surface area (Å²) in [6.45, 7) is 6.68. The van der Waals surface area contributed by atoms with Crippen molar-refractivity contribution >= 4 is 40.9 Å². The Kier molecular flexibility index (Phi) is 8.77. The summed E-state index contributed by atoms with van der Waals surface area (Å²) in [6, 6.07) is 22.9. The number of benzene rings is 3. The molecule has 4 aromatic rings. The van der Waals surface area contributed by atoms with Crippen LogP contribution in [0.1, 0.15) is 49.4 Å². The Morgan fingerprint density at radius 2 is 1.82 bits per heavy atom. The Morgan fingerprint density at radius 1 is 1.07 bits per heavy atom. The number of aryl methyl sites for hydroxylation is 1. The van der Waals surface area contributed by atoms with Crippen molar-refractivity contribution in [2.45, 2.75) is 50.6 Å². The predicted octanol–water partition coefficient (Wildman–Crippen LogP) is 7.64. The van der Waals surface area contributed by atoms with Gasteiger partial charge in [-0.2, -0.15) is 4.98 Å². The number of nitrogens with one attached hydrogen (secondary N) is 2. The van der Waals surface area contributed by atoms with Crippen molar-refractivity contribution in [1.29, 1.82) is 0 Å². The van der Waals surface area contributed by atoms with Gasteiger partial charge in [0.05, 0.1) is 12.2 Å². The van der Waals surface area contributed by atoms with E-state index in [1.165, 1.54) is 11.8 Å². The number of anilines is 2. The van der Waals surface area contributed by atoms with E-state index in [4.69, 9.17) is 26.4 Å². The van der Waals surface area contributed by atoms with E-state index in [-0.39, 0.29) is 5.91 Å². The lowest BCUT2D eigenvalue weighted by molar-refractivity contribution is -0.113. The van der Waals surface area contributed by atoms with E-state index < -0.39 is 6.04 Å². The Hall–Kier alpha value is -3.75. The van der Waals surface area contributed by atoms with Gasteiger partial charge in [0.1, 0.15) is 11.8 Å². The third-order valence-electron chi connectivity index (χ3n) is 6.75. The van der Waals surface area contributed by atoms with Gasteiger partial charge in [-0.05, 0) is 61.2 Å². The van der Waals surface area contributed by atoms with Gasteiger partial charge < -0.3 is 15.4 Å². The van der Waals surface area contributed by atoms with Crippen molar-refractivity contribution < 1.29 is 9.53 Å². The molecule has 0 fully saturated rings. The van der Waals surface area contributed by atoms with Crippen LogP contribution in [0.5, 0.6) is 5.75 Å². The largest absolute Gasteiger partial charge is 0.494 e. The molecule has 2 heterocycles.